The Kier molecular flexibility index (Phi) is 4.56. The molecule has 126 valence electrons. The fourth-order valence-electron chi connectivity index (χ4n) is 3.21. The number of nitrogens with zero attached hydrogens (tertiary/aromatic N) is 1. The van der Waals surface area contributed by atoms with Crippen molar-refractivity contribution in [2.75, 3.05) is 13.2 Å². The van der Waals surface area contributed by atoms with Gasteiger partial charge in [-0.15, -0.1) is 0 Å². The zero-order valence-corrected chi connectivity index (χ0v) is 14.3. The highest BCUT2D eigenvalue weighted by Crippen LogP contribution is 2.30. The van der Waals surface area contributed by atoms with Crippen molar-refractivity contribution in [2.24, 2.45) is 0 Å². The van der Waals surface area contributed by atoms with Gasteiger partial charge in [0, 0.05) is 6.54 Å². The number of benzene rings is 2. The SMILES string of the molecule is Cc1ccc(C)c(OCC(=O)N2CCc3ccc(F)cc3C2C)c1. The summed E-state index contributed by atoms with van der Waals surface area (Å²) in [5.41, 5.74) is 4.11. The van der Waals surface area contributed by atoms with E-state index in [0.717, 1.165) is 34.4 Å². The molecule has 0 spiro atoms. The predicted molar refractivity (Wildman–Crippen MR) is 91.6 cm³/mol. The van der Waals surface area contributed by atoms with Crippen LogP contribution in [-0.4, -0.2) is 24.0 Å². The number of amides is 1. The molecule has 1 amide bonds. The Hall–Kier alpha value is -2.36. The highest BCUT2D eigenvalue weighted by molar-refractivity contribution is 5.78. The standard InChI is InChI=1S/C20H22FNO2/c1-13-4-5-14(2)19(10-13)24-12-20(23)22-9-8-16-6-7-17(21)11-18(16)15(22)3/h4-7,10-11,15H,8-9,12H2,1-3H3. The smallest absolute Gasteiger partial charge is 0.261 e. The van der Waals surface area contributed by atoms with Gasteiger partial charge in [0.05, 0.1) is 6.04 Å². The predicted octanol–water partition coefficient (Wildman–Crippen LogP) is 3.97. The Labute approximate surface area is 142 Å². The Bertz CT molecular complexity index is 772. The van der Waals surface area contributed by atoms with E-state index in [0.29, 0.717) is 6.54 Å². The molecule has 1 aliphatic rings. The molecule has 0 saturated carbocycles. The number of hydrogen-bond acceptors (Lipinski definition) is 2. The lowest BCUT2D eigenvalue weighted by Gasteiger charge is -2.35. The van der Waals surface area contributed by atoms with Crippen LogP contribution < -0.4 is 4.74 Å². The average Bonchev–Trinajstić information content (AvgIpc) is 2.56. The van der Waals surface area contributed by atoms with Gasteiger partial charge in [-0.2, -0.15) is 0 Å². The maximum absolute atomic E-state index is 13.5. The second kappa shape index (κ2) is 6.63. The van der Waals surface area contributed by atoms with Gasteiger partial charge in [-0.05, 0) is 67.6 Å². The molecule has 1 atom stereocenters. The first-order valence-corrected chi connectivity index (χ1v) is 8.23. The summed E-state index contributed by atoms with van der Waals surface area (Å²) in [6, 6.07) is 10.6. The number of carbonyl (C=O) groups excluding carboxylic acids is 1. The van der Waals surface area contributed by atoms with Gasteiger partial charge >= 0.3 is 0 Å². The zero-order valence-electron chi connectivity index (χ0n) is 14.3. The second-order valence-electron chi connectivity index (χ2n) is 6.41. The quantitative estimate of drug-likeness (QED) is 0.854. The number of carbonyl (C=O) groups is 1. The molecular formula is C20H22FNO2. The summed E-state index contributed by atoms with van der Waals surface area (Å²) in [6.07, 6.45) is 0.745. The summed E-state index contributed by atoms with van der Waals surface area (Å²) in [6.45, 7) is 6.52. The van der Waals surface area contributed by atoms with Crippen molar-refractivity contribution in [1.29, 1.82) is 0 Å². The molecule has 0 aromatic heterocycles. The molecule has 1 aliphatic heterocycles. The minimum Gasteiger partial charge on any atom is -0.483 e. The van der Waals surface area contributed by atoms with Gasteiger partial charge in [0.1, 0.15) is 11.6 Å². The molecule has 1 unspecified atom stereocenters. The van der Waals surface area contributed by atoms with E-state index < -0.39 is 0 Å². The molecule has 3 nitrogen and oxygen atoms in total. The maximum Gasteiger partial charge on any atom is 0.261 e. The van der Waals surface area contributed by atoms with Crippen LogP contribution in [0.15, 0.2) is 36.4 Å². The molecule has 0 radical (unpaired) electrons. The lowest BCUT2D eigenvalue weighted by Crippen LogP contribution is -2.41. The van der Waals surface area contributed by atoms with E-state index in [1.807, 2.05) is 45.0 Å². The molecule has 2 aromatic rings. The van der Waals surface area contributed by atoms with Gasteiger partial charge in [0.2, 0.25) is 0 Å². The Morgan fingerprint density at radius 3 is 2.83 bits per heavy atom. The van der Waals surface area contributed by atoms with E-state index in [1.165, 1.54) is 12.1 Å². The van der Waals surface area contributed by atoms with Crippen LogP contribution in [0.2, 0.25) is 0 Å². The second-order valence-corrected chi connectivity index (χ2v) is 6.41. The first-order chi connectivity index (χ1) is 11.5. The summed E-state index contributed by atoms with van der Waals surface area (Å²) in [5, 5.41) is 0. The van der Waals surface area contributed by atoms with Crippen LogP contribution in [0.25, 0.3) is 0 Å². The largest absolute Gasteiger partial charge is 0.483 e. The first kappa shape index (κ1) is 16.5. The van der Waals surface area contributed by atoms with Crippen LogP contribution in [0, 0.1) is 19.7 Å². The molecule has 0 saturated heterocycles. The van der Waals surface area contributed by atoms with Crippen LogP contribution in [0.3, 0.4) is 0 Å². The van der Waals surface area contributed by atoms with E-state index in [1.54, 1.807) is 4.90 Å². The maximum atomic E-state index is 13.5. The van der Waals surface area contributed by atoms with Gasteiger partial charge in [0.25, 0.3) is 5.91 Å². The van der Waals surface area contributed by atoms with Crippen LogP contribution in [0.1, 0.15) is 35.2 Å². The van der Waals surface area contributed by atoms with Crippen LogP contribution in [0.5, 0.6) is 5.75 Å². The molecule has 2 aromatic carbocycles. The molecular weight excluding hydrogens is 305 g/mol. The summed E-state index contributed by atoms with van der Waals surface area (Å²) in [4.78, 5) is 14.4. The van der Waals surface area contributed by atoms with E-state index in [-0.39, 0.29) is 24.4 Å². The Morgan fingerprint density at radius 1 is 1.25 bits per heavy atom. The van der Waals surface area contributed by atoms with Crippen LogP contribution >= 0.6 is 0 Å². The lowest BCUT2D eigenvalue weighted by atomic mass is 9.93. The number of aryl methyl sites for hydroxylation is 2. The lowest BCUT2D eigenvalue weighted by molar-refractivity contribution is -0.136. The van der Waals surface area contributed by atoms with Crippen molar-refractivity contribution in [1.82, 2.24) is 4.90 Å². The fourth-order valence-corrected chi connectivity index (χ4v) is 3.21. The third-order valence-corrected chi connectivity index (χ3v) is 4.66. The fraction of sp³-hybridized carbons (Fsp3) is 0.350. The number of ether oxygens (including phenoxy) is 1. The average molecular weight is 327 g/mol. The van der Waals surface area contributed by atoms with Gasteiger partial charge in [-0.3, -0.25) is 4.79 Å². The molecule has 0 bridgehead atoms. The molecule has 0 aliphatic carbocycles. The zero-order chi connectivity index (χ0) is 17.3. The monoisotopic (exact) mass is 327 g/mol. The van der Waals surface area contributed by atoms with E-state index >= 15 is 0 Å². The van der Waals surface area contributed by atoms with Crippen molar-refractivity contribution in [2.45, 2.75) is 33.2 Å². The van der Waals surface area contributed by atoms with Crippen molar-refractivity contribution in [3.05, 3.63) is 64.5 Å². The highest BCUT2D eigenvalue weighted by Gasteiger charge is 2.28. The molecule has 0 N–H and O–H groups in total. The van der Waals surface area contributed by atoms with Crippen LogP contribution in [-0.2, 0) is 11.2 Å². The van der Waals surface area contributed by atoms with Crippen molar-refractivity contribution in [3.63, 3.8) is 0 Å². The minimum absolute atomic E-state index is 0.000712. The van der Waals surface area contributed by atoms with Crippen molar-refractivity contribution >= 4 is 5.91 Å². The molecule has 3 rings (SSSR count). The highest BCUT2D eigenvalue weighted by atomic mass is 19.1. The summed E-state index contributed by atoms with van der Waals surface area (Å²) >= 11 is 0. The number of fused-ring (bicyclic) bond motifs is 1. The number of halogens is 1. The number of hydrogen-bond donors (Lipinski definition) is 0. The normalized spacial score (nSPS) is 16.7. The topological polar surface area (TPSA) is 29.5 Å². The molecule has 1 heterocycles. The third kappa shape index (κ3) is 3.28. The van der Waals surface area contributed by atoms with Crippen molar-refractivity contribution < 1.29 is 13.9 Å². The van der Waals surface area contributed by atoms with Gasteiger partial charge < -0.3 is 9.64 Å². The van der Waals surface area contributed by atoms with Crippen LogP contribution in [0.4, 0.5) is 4.39 Å². The molecule has 24 heavy (non-hydrogen) atoms. The van der Waals surface area contributed by atoms with Crippen molar-refractivity contribution in [3.8, 4) is 5.75 Å². The van der Waals surface area contributed by atoms with Gasteiger partial charge in [-0.25, -0.2) is 4.39 Å². The summed E-state index contributed by atoms with van der Waals surface area (Å²) < 4.78 is 19.2. The van der Waals surface area contributed by atoms with Gasteiger partial charge in [0.15, 0.2) is 6.61 Å². The summed E-state index contributed by atoms with van der Waals surface area (Å²) in [5.74, 6) is 0.402. The van der Waals surface area contributed by atoms with E-state index in [4.69, 9.17) is 4.74 Å². The molecule has 0 fully saturated rings. The Morgan fingerprint density at radius 2 is 2.04 bits per heavy atom. The summed E-state index contributed by atoms with van der Waals surface area (Å²) in [7, 11) is 0. The number of rotatable bonds is 3. The Balaban J connectivity index is 1.71. The molecule has 4 heteroatoms. The van der Waals surface area contributed by atoms with E-state index in [2.05, 4.69) is 0 Å². The minimum atomic E-state index is -0.262. The van der Waals surface area contributed by atoms with E-state index in [9.17, 15) is 9.18 Å². The third-order valence-electron chi connectivity index (χ3n) is 4.66. The van der Waals surface area contributed by atoms with Gasteiger partial charge in [-0.1, -0.05) is 18.2 Å². The first-order valence-electron chi connectivity index (χ1n) is 8.23.